The van der Waals surface area contributed by atoms with Crippen LogP contribution in [0.2, 0.25) is 0 Å². The predicted molar refractivity (Wildman–Crippen MR) is 83.9 cm³/mol. The van der Waals surface area contributed by atoms with Gasteiger partial charge in [0.1, 0.15) is 5.82 Å². The molecule has 0 spiro atoms. The van der Waals surface area contributed by atoms with Gasteiger partial charge in [0.25, 0.3) is 0 Å². The molecule has 1 fully saturated rings. The summed E-state index contributed by atoms with van der Waals surface area (Å²) in [6.45, 7) is 9.16. The van der Waals surface area contributed by atoms with Crippen LogP contribution in [-0.4, -0.2) is 43.8 Å². The van der Waals surface area contributed by atoms with Gasteiger partial charge in [-0.2, -0.15) is 0 Å². The Bertz CT molecular complexity index is 410. The average molecular weight is 294 g/mol. The van der Waals surface area contributed by atoms with E-state index in [4.69, 9.17) is 4.74 Å². The van der Waals surface area contributed by atoms with Crippen molar-refractivity contribution in [1.82, 2.24) is 10.2 Å². The minimum absolute atomic E-state index is 0.171. The number of hydrogen-bond acceptors (Lipinski definition) is 3. The Labute approximate surface area is 127 Å². The maximum Gasteiger partial charge on any atom is 0.123 e. The Morgan fingerprint density at radius 2 is 2.14 bits per heavy atom. The van der Waals surface area contributed by atoms with Crippen molar-refractivity contribution in [2.75, 3.05) is 32.8 Å². The zero-order chi connectivity index (χ0) is 15.1. The first kappa shape index (κ1) is 16.4. The predicted octanol–water partition coefficient (Wildman–Crippen LogP) is 2.98. The van der Waals surface area contributed by atoms with Crippen molar-refractivity contribution < 1.29 is 9.13 Å². The van der Waals surface area contributed by atoms with Gasteiger partial charge in [-0.15, -0.1) is 0 Å². The van der Waals surface area contributed by atoms with Crippen LogP contribution in [-0.2, 0) is 4.74 Å². The lowest BCUT2D eigenvalue weighted by atomic mass is 10.0. The van der Waals surface area contributed by atoms with Gasteiger partial charge >= 0.3 is 0 Å². The molecule has 1 aliphatic rings. The average Bonchev–Trinajstić information content (AvgIpc) is 2.49. The second-order valence-electron chi connectivity index (χ2n) is 5.83. The smallest absolute Gasteiger partial charge is 0.123 e. The van der Waals surface area contributed by atoms with Crippen LogP contribution < -0.4 is 5.32 Å². The molecule has 0 saturated carbocycles. The number of benzene rings is 1. The quantitative estimate of drug-likeness (QED) is 0.837. The molecule has 118 valence electrons. The standard InChI is InChI=1S/C17H27FN2O/c1-3-9-19-17(15-4-6-16(18)7-5-15)8-10-20-11-12-21-14(2)13-20/h4-7,14,17,19H,3,8-13H2,1-2H3. The Kier molecular flexibility index (Phi) is 6.61. The fourth-order valence-electron chi connectivity index (χ4n) is 2.81. The van der Waals surface area contributed by atoms with Gasteiger partial charge in [0, 0.05) is 25.7 Å². The molecule has 0 amide bonds. The fraction of sp³-hybridized carbons (Fsp3) is 0.647. The lowest BCUT2D eigenvalue weighted by molar-refractivity contribution is -0.0192. The monoisotopic (exact) mass is 294 g/mol. The second-order valence-corrected chi connectivity index (χ2v) is 5.83. The third-order valence-corrected chi connectivity index (χ3v) is 3.97. The van der Waals surface area contributed by atoms with E-state index in [2.05, 4.69) is 24.1 Å². The maximum absolute atomic E-state index is 13.1. The van der Waals surface area contributed by atoms with Crippen molar-refractivity contribution in [3.05, 3.63) is 35.6 Å². The molecule has 0 aromatic heterocycles. The molecule has 2 atom stereocenters. The molecule has 1 aromatic carbocycles. The summed E-state index contributed by atoms with van der Waals surface area (Å²) < 4.78 is 18.7. The Morgan fingerprint density at radius 1 is 1.38 bits per heavy atom. The lowest BCUT2D eigenvalue weighted by Crippen LogP contribution is -2.42. The van der Waals surface area contributed by atoms with E-state index >= 15 is 0 Å². The number of hydrogen-bond donors (Lipinski definition) is 1. The molecule has 1 aromatic rings. The van der Waals surface area contributed by atoms with Gasteiger partial charge in [-0.3, -0.25) is 4.90 Å². The lowest BCUT2D eigenvalue weighted by Gasteiger charge is -2.32. The number of nitrogens with zero attached hydrogens (tertiary/aromatic N) is 1. The molecular formula is C17H27FN2O. The molecule has 1 heterocycles. The highest BCUT2D eigenvalue weighted by molar-refractivity contribution is 5.20. The fourth-order valence-corrected chi connectivity index (χ4v) is 2.81. The van der Waals surface area contributed by atoms with E-state index in [0.29, 0.717) is 12.1 Å². The van der Waals surface area contributed by atoms with Crippen LogP contribution in [0.15, 0.2) is 24.3 Å². The van der Waals surface area contributed by atoms with Crippen LogP contribution in [0, 0.1) is 5.82 Å². The number of nitrogens with one attached hydrogen (secondary N) is 1. The summed E-state index contributed by atoms with van der Waals surface area (Å²) in [6.07, 6.45) is 2.47. The minimum Gasteiger partial charge on any atom is -0.376 e. The van der Waals surface area contributed by atoms with Crippen molar-refractivity contribution in [1.29, 1.82) is 0 Å². The molecule has 0 aliphatic carbocycles. The normalized spacial score (nSPS) is 21.4. The molecule has 0 bridgehead atoms. The molecule has 1 aliphatic heterocycles. The summed E-state index contributed by atoms with van der Waals surface area (Å²) >= 11 is 0. The van der Waals surface area contributed by atoms with Crippen LogP contribution >= 0.6 is 0 Å². The van der Waals surface area contributed by atoms with E-state index in [1.165, 1.54) is 5.56 Å². The van der Waals surface area contributed by atoms with Crippen LogP contribution in [0.4, 0.5) is 4.39 Å². The van der Waals surface area contributed by atoms with Gasteiger partial charge in [0.05, 0.1) is 12.7 Å². The van der Waals surface area contributed by atoms with Gasteiger partial charge in [0.2, 0.25) is 0 Å². The zero-order valence-electron chi connectivity index (χ0n) is 13.1. The van der Waals surface area contributed by atoms with Crippen molar-refractivity contribution in [3.63, 3.8) is 0 Å². The molecule has 3 nitrogen and oxygen atoms in total. The van der Waals surface area contributed by atoms with Crippen LogP contribution in [0.3, 0.4) is 0 Å². The van der Waals surface area contributed by atoms with Gasteiger partial charge in [0.15, 0.2) is 0 Å². The molecule has 2 unspecified atom stereocenters. The van der Waals surface area contributed by atoms with Gasteiger partial charge in [-0.05, 0) is 44.0 Å². The van der Waals surface area contributed by atoms with E-state index in [1.807, 2.05) is 12.1 Å². The second kappa shape index (κ2) is 8.47. The molecule has 0 radical (unpaired) electrons. The van der Waals surface area contributed by atoms with Crippen LogP contribution in [0.1, 0.15) is 38.3 Å². The highest BCUT2D eigenvalue weighted by Crippen LogP contribution is 2.18. The zero-order valence-corrected chi connectivity index (χ0v) is 13.1. The largest absolute Gasteiger partial charge is 0.376 e. The summed E-state index contributed by atoms with van der Waals surface area (Å²) in [6, 6.07) is 7.18. The van der Waals surface area contributed by atoms with Gasteiger partial charge < -0.3 is 10.1 Å². The van der Waals surface area contributed by atoms with E-state index in [0.717, 1.165) is 45.6 Å². The third kappa shape index (κ3) is 5.38. The van der Waals surface area contributed by atoms with Gasteiger partial charge in [-0.1, -0.05) is 19.1 Å². The summed E-state index contributed by atoms with van der Waals surface area (Å²) in [7, 11) is 0. The van der Waals surface area contributed by atoms with E-state index in [1.54, 1.807) is 12.1 Å². The highest BCUT2D eigenvalue weighted by atomic mass is 19.1. The summed E-state index contributed by atoms with van der Waals surface area (Å²) in [5, 5.41) is 3.58. The molecule has 1 N–H and O–H groups in total. The van der Waals surface area contributed by atoms with Crippen LogP contribution in [0.25, 0.3) is 0 Å². The van der Waals surface area contributed by atoms with Crippen molar-refractivity contribution in [3.8, 4) is 0 Å². The number of halogens is 1. The summed E-state index contributed by atoms with van der Waals surface area (Å²) in [5.74, 6) is -0.171. The Balaban J connectivity index is 1.91. The van der Waals surface area contributed by atoms with Crippen molar-refractivity contribution >= 4 is 0 Å². The third-order valence-electron chi connectivity index (χ3n) is 3.97. The first-order valence-corrected chi connectivity index (χ1v) is 8.02. The van der Waals surface area contributed by atoms with E-state index in [-0.39, 0.29) is 5.82 Å². The Morgan fingerprint density at radius 3 is 2.81 bits per heavy atom. The number of rotatable bonds is 7. The van der Waals surface area contributed by atoms with Crippen molar-refractivity contribution in [2.24, 2.45) is 0 Å². The molecule has 1 saturated heterocycles. The number of morpholine rings is 1. The Hall–Kier alpha value is -0.970. The molecule has 2 rings (SSSR count). The first-order chi connectivity index (χ1) is 10.2. The van der Waals surface area contributed by atoms with E-state index < -0.39 is 0 Å². The van der Waals surface area contributed by atoms with E-state index in [9.17, 15) is 4.39 Å². The molecule has 4 heteroatoms. The minimum atomic E-state index is -0.171. The summed E-state index contributed by atoms with van der Waals surface area (Å²) in [5.41, 5.74) is 1.17. The number of ether oxygens (including phenoxy) is 1. The topological polar surface area (TPSA) is 24.5 Å². The summed E-state index contributed by atoms with van der Waals surface area (Å²) in [4.78, 5) is 2.46. The molecule has 21 heavy (non-hydrogen) atoms. The van der Waals surface area contributed by atoms with Crippen LogP contribution in [0.5, 0.6) is 0 Å². The molecular weight excluding hydrogens is 267 g/mol. The highest BCUT2D eigenvalue weighted by Gasteiger charge is 2.18. The first-order valence-electron chi connectivity index (χ1n) is 8.02. The maximum atomic E-state index is 13.1. The SMILES string of the molecule is CCCNC(CCN1CCOC(C)C1)c1ccc(F)cc1. The van der Waals surface area contributed by atoms with Crippen molar-refractivity contribution in [2.45, 2.75) is 38.8 Å². The van der Waals surface area contributed by atoms with Gasteiger partial charge in [-0.25, -0.2) is 4.39 Å².